The summed E-state index contributed by atoms with van der Waals surface area (Å²) in [5, 5.41) is 5.23. The molecule has 0 atom stereocenters. The fraction of sp³-hybridized carbons (Fsp3) is 0.818. The van der Waals surface area contributed by atoms with Crippen LogP contribution in [0.3, 0.4) is 0 Å². The number of carbonyl (C=O) groups excluding carboxylic acids is 2. The molecule has 2 N–H and O–H groups in total. The number of hydrogen-bond acceptors (Lipinski definition) is 3. The molecule has 1 fully saturated rings. The van der Waals surface area contributed by atoms with Crippen LogP contribution in [-0.2, 0) is 9.53 Å². The molecule has 1 rings (SSSR count). The van der Waals surface area contributed by atoms with Gasteiger partial charge in [-0.15, -0.1) is 0 Å². The van der Waals surface area contributed by atoms with Crippen molar-refractivity contribution in [2.45, 2.75) is 33.1 Å². The van der Waals surface area contributed by atoms with Crippen LogP contribution < -0.4 is 10.6 Å². The Kier molecular flexibility index (Phi) is 4.58. The summed E-state index contributed by atoms with van der Waals surface area (Å²) < 4.78 is 4.69. The Morgan fingerprint density at radius 1 is 1.31 bits per heavy atom. The third-order valence-electron chi connectivity index (χ3n) is 2.93. The molecule has 16 heavy (non-hydrogen) atoms. The second-order valence-corrected chi connectivity index (χ2v) is 4.51. The van der Waals surface area contributed by atoms with E-state index in [0.29, 0.717) is 13.2 Å². The van der Waals surface area contributed by atoms with Gasteiger partial charge in [0.1, 0.15) is 6.54 Å². The number of rotatable bonds is 5. The van der Waals surface area contributed by atoms with E-state index in [1.807, 2.05) is 0 Å². The van der Waals surface area contributed by atoms with Crippen molar-refractivity contribution in [2.24, 2.45) is 5.41 Å². The molecular weight excluding hydrogens is 208 g/mol. The van der Waals surface area contributed by atoms with E-state index in [2.05, 4.69) is 22.3 Å². The standard InChI is InChI=1S/C11H20N2O3/c1-3-16-9(14)7-12-10(15)13-8-11(2)5-4-6-11/h3-8H2,1-2H3,(H2,12,13,15). The molecule has 1 aliphatic rings. The van der Waals surface area contributed by atoms with Crippen molar-refractivity contribution in [3.05, 3.63) is 0 Å². The number of carbonyl (C=O) groups is 2. The molecule has 0 aromatic heterocycles. The average molecular weight is 228 g/mol. The molecule has 0 aromatic rings. The Morgan fingerprint density at radius 2 is 2.00 bits per heavy atom. The highest BCUT2D eigenvalue weighted by Gasteiger charge is 2.31. The maximum Gasteiger partial charge on any atom is 0.325 e. The summed E-state index contributed by atoms with van der Waals surface area (Å²) in [5.74, 6) is -0.410. The zero-order chi connectivity index (χ0) is 12.0. The molecule has 0 saturated heterocycles. The van der Waals surface area contributed by atoms with Crippen molar-refractivity contribution in [1.82, 2.24) is 10.6 Å². The van der Waals surface area contributed by atoms with Crippen LogP contribution in [0.5, 0.6) is 0 Å². The van der Waals surface area contributed by atoms with Gasteiger partial charge < -0.3 is 15.4 Å². The molecule has 0 heterocycles. The van der Waals surface area contributed by atoms with Crippen LogP contribution in [0.4, 0.5) is 4.79 Å². The summed E-state index contributed by atoms with van der Waals surface area (Å²) >= 11 is 0. The molecule has 5 nitrogen and oxygen atoms in total. The normalized spacial score (nSPS) is 17.1. The van der Waals surface area contributed by atoms with Gasteiger partial charge >= 0.3 is 12.0 Å². The second kappa shape index (κ2) is 5.72. The van der Waals surface area contributed by atoms with Crippen LogP contribution in [-0.4, -0.2) is 31.7 Å². The van der Waals surface area contributed by atoms with Gasteiger partial charge in [-0.05, 0) is 25.2 Å². The van der Waals surface area contributed by atoms with E-state index in [-0.39, 0.29) is 18.0 Å². The summed E-state index contributed by atoms with van der Waals surface area (Å²) in [6, 6.07) is -0.304. The fourth-order valence-corrected chi connectivity index (χ4v) is 1.68. The predicted octanol–water partition coefficient (Wildman–Crippen LogP) is 1.04. The van der Waals surface area contributed by atoms with E-state index in [4.69, 9.17) is 0 Å². The lowest BCUT2D eigenvalue weighted by Gasteiger charge is -2.38. The maximum absolute atomic E-state index is 11.3. The zero-order valence-corrected chi connectivity index (χ0v) is 9.97. The fourth-order valence-electron chi connectivity index (χ4n) is 1.68. The summed E-state index contributed by atoms with van der Waals surface area (Å²) in [6.07, 6.45) is 3.55. The molecular formula is C11H20N2O3. The Hall–Kier alpha value is -1.26. The van der Waals surface area contributed by atoms with Crippen LogP contribution in [0.2, 0.25) is 0 Å². The number of esters is 1. The molecule has 0 unspecified atom stereocenters. The lowest BCUT2D eigenvalue weighted by molar-refractivity contribution is -0.141. The lowest BCUT2D eigenvalue weighted by Crippen LogP contribution is -2.45. The van der Waals surface area contributed by atoms with Gasteiger partial charge in [-0.25, -0.2) is 4.79 Å². The van der Waals surface area contributed by atoms with Crippen LogP contribution in [0.15, 0.2) is 0 Å². The molecule has 0 spiro atoms. The maximum atomic E-state index is 11.3. The number of hydrogen-bond donors (Lipinski definition) is 2. The molecule has 92 valence electrons. The SMILES string of the molecule is CCOC(=O)CNC(=O)NCC1(C)CCC1. The van der Waals surface area contributed by atoms with E-state index in [9.17, 15) is 9.59 Å². The van der Waals surface area contributed by atoms with Crippen LogP contribution in [0.25, 0.3) is 0 Å². The van der Waals surface area contributed by atoms with Crippen LogP contribution in [0.1, 0.15) is 33.1 Å². The molecule has 1 saturated carbocycles. The minimum absolute atomic E-state index is 0.0730. The van der Waals surface area contributed by atoms with E-state index in [1.165, 1.54) is 6.42 Å². The first-order valence-electron chi connectivity index (χ1n) is 5.73. The van der Waals surface area contributed by atoms with E-state index >= 15 is 0 Å². The van der Waals surface area contributed by atoms with Gasteiger partial charge in [0.25, 0.3) is 0 Å². The first kappa shape index (κ1) is 12.8. The molecule has 0 aromatic carbocycles. The predicted molar refractivity (Wildman–Crippen MR) is 60.0 cm³/mol. The monoisotopic (exact) mass is 228 g/mol. The molecule has 2 amide bonds. The average Bonchev–Trinajstić information content (AvgIpc) is 2.21. The third kappa shape index (κ3) is 4.08. The van der Waals surface area contributed by atoms with Crippen molar-refractivity contribution in [3.63, 3.8) is 0 Å². The van der Waals surface area contributed by atoms with Crippen molar-refractivity contribution in [3.8, 4) is 0 Å². The van der Waals surface area contributed by atoms with Crippen LogP contribution >= 0.6 is 0 Å². The van der Waals surface area contributed by atoms with Crippen LogP contribution in [0, 0.1) is 5.41 Å². The quantitative estimate of drug-likeness (QED) is 0.691. The van der Waals surface area contributed by atoms with Gasteiger partial charge in [0.2, 0.25) is 0 Å². The van der Waals surface area contributed by atoms with Gasteiger partial charge in [0.15, 0.2) is 0 Å². The first-order chi connectivity index (χ1) is 7.56. The van der Waals surface area contributed by atoms with Gasteiger partial charge in [-0.2, -0.15) is 0 Å². The largest absolute Gasteiger partial charge is 0.465 e. The molecule has 0 bridgehead atoms. The molecule has 5 heteroatoms. The third-order valence-corrected chi connectivity index (χ3v) is 2.93. The van der Waals surface area contributed by atoms with Crippen molar-refractivity contribution >= 4 is 12.0 Å². The minimum atomic E-state index is -0.410. The zero-order valence-electron chi connectivity index (χ0n) is 9.97. The smallest absolute Gasteiger partial charge is 0.325 e. The number of ether oxygens (including phenoxy) is 1. The van der Waals surface area contributed by atoms with Gasteiger partial charge in [0.05, 0.1) is 6.61 Å². The van der Waals surface area contributed by atoms with Gasteiger partial charge in [-0.3, -0.25) is 4.79 Å². The molecule has 0 radical (unpaired) electrons. The summed E-state index contributed by atoms with van der Waals surface area (Å²) in [5.41, 5.74) is 0.251. The Labute approximate surface area is 95.9 Å². The number of nitrogens with one attached hydrogen (secondary N) is 2. The van der Waals surface area contributed by atoms with E-state index < -0.39 is 5.97 Å². The number of amides is 2. The van der Waals surface area contributed by atoms with Crippen molar-refractivity contribution < 1.29 is 14.3 Å². The summed E-state index contributed by atoms with van der Waals surface area (Å²) in [4.78, 5) is 22.3. The van der Waals surface area contributed by atoms with Crippen molar-refractivity contribution in [2.75, 3.05) is 19.7 Å². The Bertz CT molecular complexity index is 262. The number of urea groups is 1. The topological polar surface area (TPSA) is 67.4 Å². The van der Waals surface area contributed by atoms with Gasteiger partial charge in [-0.1, -0.05) is 13.3 Å². The minimum Gasteiger partial charge on any atom is -0.465 e. The summed E-state index contributed by atoms with van der Waals surface area (Å²) in [6.45, 7) is 4.82. The van der Waals surface area contributed by atoms with Gasteiger partial charge in [0, 0.05) is 6.54 Å². The Balaban J connectivity index is 2.09. The lowest BCUT2D eigenvalue weighted by atomic mass is 9.70. The first-order valence-corrected chi connectivity index (χ1v) is 5.73. The second-order valence-electron chi connectivity index (χ2n) is 4.51. The Morgan fingerprint density at radius 3 is 2.50 bits per heavy atom. The van der Waals surface area contributed by atoms with Crippen molar-refractivity contribution in [1.29, 1.82) is 0 Å². The highest BCUT2D eigenvalue weighted by molar-refractivity contribution is 5.80. The summed E-state index contributed by atoms with van der Waals surface area (Å²) in [7, 11) is 0. The van der Waals surface area contributed by atoms with E-state index in [0.717, 1.165) is 12.8 Å². The molecule has 0 aliphatic heterocycles. The highest BCUT2D eigenvalue weighted by Crippen LogP contribution is 2.39. The van der Waals surface area contributed by atoms with E-state index in [1.54, 1.807) is 6.92 Å². The highest BCUT2D eigenvalue weighted by atomic mass is 16.5. The molecule has 1 aliphatic carbocycles.